The molecule has 1 atom stereocenters. The second-order valence-corrected chi connectivity index (χ2v) is 9.91. The van der Waals surface area contributed by atoms with Crippen LogP contribution in [0, 0.1) is 17.1 Å². The van der Waals surface area contributed by atoms with Crippen LogP contribution in [0.2, 0.25) is 5.15 Å². The van der Waals surface area contributed by atoms with Crippen LogP contribution >= 0.6 is 22.9 Å². The first-order valence-electron chi connectivity index (χ1n) is 11.0. The molecule has 12 heteroatoms. The molecule has 0 aliphatic carbocycles. The van der Waals surface area contributed by atoms with Gasteiger partial charge in [-0.15, -0.1) is 11.3 Å². The predicted octanol–water partition coefficient (Wildman–Crippen LogP) is 2.12. The number of nitrogens with two attached hydrogens (primary N) is 1. The van der Waals surface area contributed by atoms with Crippen LogP contribution in [0.5, 0.6) is 0 Å². The molecule has 2 aliphatic rings. The Morgan fingerprint density at radius 3 is 2.86 bits per heavy atom. The summed E-state index contributed by atoms with van der Waals surface area (Å²) in [5.41, 5.74) is 6.30. The standard InChI is InChI=1S/C24H19ClF2N6O2S/c1-2-19(34)31-5-6-32-12(11-31)3-4-33-21-15(24(32)35)8-17(27)14(20(21)22(25)30-33)7-13-16(10-28)23(29)36-18(13)9-26/h2,7-9,12H,1,3-6,11,29H2/b13-7+,18-9-. The second-order valence-electron chi connectivity index (χ2n) is 8.47. The molecule has 3 aromatic rings. The Bertz CT molecular complexity index is 1620. The van der Waals surface area contributed by atoms with Gasteiger partial charge in [0.15, 0.2) is 5.15 Å². The van der Waals surface area contributed by atoms with Crippen LogP contribution in [0.1, 0.15) is 27.9 Å². The molecule has 5 rings (SSSR count). The maximum atomic E-state index is 15.6. The lowest BCUT2D eigenvalue weighted by Gasteiger charge is -2.42. The summed E-state index contributed by atoms with van der Waals surface area (Å²) in [6.45, 7) is 4.85. The van der Waals surface area contributed by atoms with Crippen molar-refractivity contribution in [3.8, 4) is 6.07 Å². The van der Waals surface area contributed by atoms with E-state index in [4.69, 9.17) is 17.3 Å². The van der Waals surface area contributed by atoms with Gasteiger partial charge in [-0.25, -0.2) is 8.78 Å². The maximum Gasteiger partial charge on any atom is 0.256 e. The van der Waals surface area contributed by atoms with E-state index < -0.39 is 11.7 Å². The number of amides is 2. The average molecular weight is 529 g/mol. The maximum absolute atomic E-state index is 15.6. The molecular formula is C24H19ClF2N6O2S. The number of benzene rings is 1. The number of piperazine rings is 1. The van der Waals surface area contributed by atoms with E-state index in [1.54, 1.807) is 14.5 Å². The molecule has 1 aromatic carbocycles. The molecule has 2 amide bonds. The Hall–Kier alpha value is -3.75. The number of aryl methyl sites for hydroxylation is 1. The zero-order valence-corrected chi connectivity index (χ0v) is 20.4. The Kier molecular flexibility index (Phi) is 6.02. The average Bonchev–Trinajstić information content (AvgIpc) is 3.37. The Morgan fingerprint density at radius 2 is 2.17 bits per heavy atom. The molecule has 2 N–H and O–H groups in total. The van der Waals surface area contributed by atoms with Gasteiger partial charge in [0.2, 0.25) is 5.91 Å². The number of halogens is 3. The van der Waals surface area contributed by atoms with E-state index >= 15 is 4.39 Å². The van der Waals surface area contributed by atoms with Crippen LogP contribution in [-0.4, -0.2) is 57.1 Å². The fourth-order valence-electron chi connectivity index (χ4n) is 4.89. The van der Waals surface area contributed by atoms with Crippen LogP contribution < -0.4 is 15.5 Å². The van der Waals surface area contributed by atoms with Crippen LogP contribution in [-0.2, 0) is 11.3 Å². The highest BCUT2D eigenvalue weighted by molar-refractivity contribution is 7.14. The summed E-state index contributed by atoms with van der Waals surface area (Å²) < 4.78 is 30.8. The van der Waals surface area contributed by atoms with Gasteiger partial charge in [-0.3, -0.25) is 14.3 Å². The molecule has 1 saturated heterocycles. The molecule has 8 nitrogen and oxygen atoms in total. The summed E-state index contributed by atoms with van der Waals surface area (Å²) in [6, 6.07) is 2.76. The number of carbonyl (C=O) groups excluding carboxylic acids is 2. The van der Waals surface area contributed by atoms with Gasteiger partial charge in [0, 0.05) is 37.0 Å². The summed E-state index contributed by atoms with van der Waals surface area (Å²) in [4.78, 5) is 29.0. The number of nitrogens with zero attached hydrogens (tertiary/aromatic N) is 5. The third-order valence-electron chi connectivity index (χ3n) is 6.60. The van der Waals surface area contributed by atoms with E-state index in [0.717, 1.165) is 17.4 Å². The molecule has 2 aromatic heterocycles. The molecule has 4 heterocycles. The summed E-state index contributed by atoms with van der Waals surface area (Å²) in [6.07, 6.45) is 3.36. The largest absolute Gasteiger partial charge is 0.389 e. The number of nitriles is 1. The van der Waals surface area contributed by atoms with E-state index in [1.807, 2.05) is 6.07 Å². The van der Waals surface area contributed by atoms with Crippen molar-refractivity contribution in [3.05, 3.63) is 56.1 Å². The van der Waals surface area contributed by atoms with E-state index in [0.29, 0.717) is 37.9 Å². The van der Waals surface area contributed by atoms with Gasteiger partial charge >= 0.3 is 0 Å². The fraction of sp³-hybridized carbons (Fsp3) is 0.250. The predicted molar refractivity (Wildman–Crippen MR) is 133 cm³/mol. The van der Waals surface area contributed by atoms with Crippen molar-refractivity contribution in [1.82, 2.24) is 19.6 Å². The summed E-state index contributed by atoms with van der Waals surface area (Å²) in [5, 5.41) is 14.3. The Balaban J connectivity index is 1.70. The highest BCUT2D eigenvalue weighted by atomic mass is 35.5. The van der Waals surface area contributed by atoms with E-state index in [1.165, 1.54) is 12.2 Å². The lowest BCUT2D eigenvalue weighted by molar-refractivity contribution is -0.128. The van der Waals surface area contributed by atoms with Crippen molar-refractivity contribution in [2.24, 2.45) is 0 Å². The number of carbonyl (C=O) groups is 2. The van der Waals surface area contributed by atoms with Crippen LogP contribution in [0.4, 0.5) is 13.8 Å². The van der Waals surface area contributed by atoms with Gasteiger partial charge in [0.1, 0.15) is 23.2 Å². The van der Waals surface area contributed by atoms with Gasteiger partial charge in [0.05, 0.1) is 32.6 Å². The molecule has 0 saturated carbocycles. The van der Waals surface area contributed by atoms with Crippen molar-refractivity contribution in [2.45, 2.75) is 19.0 Å². The third kappa shape index (κ3) is 3.65. The van der Waals surface area contributed by atoms with Gasteiger partial charge in [-0.2, -0.15) is 10.4 Å². The Labute approximate surface area is 212 Å². The third-order valence-corrected chi connectivity index (χ3v) is 7.82. The van der Waals surface area contributed by atoms with Crippen LogP contribution in [0.15, 0.2) is 18.7 Å². The summed E-state index contributed by atoms with van der Waals surface area (Å²) in [7, 11) is 0. The Morgan fingerprint density at radius 1 is 1.39 bits per heavy atom. The molecule has 36 heavy (non-hydrogen) atoms. The highest BCUT2D eigenvalue weighted by Gasteiger charge is 2.36. The normalized spacial score (nSPS) is 18.7. The number of hydrogen-bond donors (Lipinski definition) is 1. The zero-order chi connectivity index (χ0) is 25.7. The van der Waals surface area contributed by atoms with E-state index in [-0.39, 0.29) is 60.5 Å². The van der Waals surface area contributed by atoms with Crippen molar-refractivity contribution >= 4 is 63.1 Å². The molecular weight excluding hydrogens is 510 g/mol. The minimum Gasteiger partial charge on any atom is -0.389 e. The fourth-order valence-corrected chi connectivity index (χ4v) is 5.99. The van der Waals surface area contributed by atoms with Crippen molar-refractivity contribution in [3.63, 3.8) is 0 Å². The van der Waals surface area contributed by atoms with Crippen LogP contribution in [0.25, 0.3) is 23.3 Å². The minimum absolute atomic E-state index is 0.0197. The number of fused-ring (bicyclic) bond motifs is 1. The number of nitrogen functional groups attached to an aromatic ring is 1. The van der Waals surface area contributed by atoms with Gasteiger partial charge < -0.3 is 15.5 Å². The number of rotatable bonds is 2. The van der Waals surface area contributed by atoms with Gasteiger partial charge in [-0.1, -0.05) is 18.2 Å². The molecule has 0 radical (unpaired) electrons. The first-order valence-corrected chi connectivity index (χ1v) is 12.2. The highest BCUT2D eigenvalue weighted by Crippen LogP contribution is 2.35. The lowest BCUT2D eigenvalue weighted by Crippen LogP contribution is -2.57. The summed E-state index contributed by atoms with van der Waals surface area (Å²) >= 11 is 7.34. The van der Waals surface area contributed by atoms with Crippen molar-refractivity contribution < 1.29 is 18.4 Å². The van der Waals surface area contributed by atoms with Crippen molar-refractivity contribution in [2.75, 3.05) is 25.4 Å². The number of anilines is 1. The van der Waals surface area contributed by atoms with Gasteiger partial charge in [-0.05, 0) is 24.6 Å². The van der Waals surface area contributed by atoms with Crippen molar-refractivity contribution in [1.29, 1.82) is 5.26 Å². The SMILES string of the molecule is C=CC(=O)N1CCN2C(=O)c3cc(F)c(/C=c4\c(C#N)c(N)s\c4=C/F)c4c(Cl)nn(c34)CCC2C1. The molecule has 184 valence electrons. The zero-order valence-electron chi connectivity index (χ0n) is 18.8. The number of thiophene rings is 1. The summed E-state index contributed by atoms with van der Waals surface area (Å²) in [5.74, 6) is -1.38. The topological polar surface area (TPSA) is 108 Å². The molecule has 2 aliphatic heterocycles. The smallest absolute Gasteiger partial charge is 0.256 e. The molecule has 0 bridgehead atoms. The lowest BCUT2D eigenvalue weighted by atomic mass is 9.99. The number of aromatic nitrogens is 2. The van der Waals surface area contributed by atoms with Crippen LogP contribution in [0.3, 0.4) is 0 Å². The first-order chi connectivity index (χ1) is 17.3. The second kappa shape index (κ2) is 9.04. The first kappa shape index (κ1) is 24.0. The van der Waals surface area contributed by atoms with E-state index in [2.05, 4.69) is 11.7 Å². The van der Waals surface area contributed by atoms with E-state index in [9.17, 15) is 19.2 Å². The molecule has 1 unspecified atom stereocenters. The molecule has 0 spiro atoms. The monoisotopic (exact) mass is 528 g/mol. The quantitative estimate of drug-likeness (QED) is 0.513. The molecule has 1 fully saturated rings. The number of hydrogen-bond acceptors (Lipinski definition) is 6. The van der Waals surface area contributed by atoms with Gasteiger partial charge in [0.25, 0.3) is 5.91 Å². The minimum atomic E-state index is -0.775.